The molecule has 3 rings (SSSR count). The number of rotatable bonds is 3. The fourth-order valence-corrected chi connectivity index (χ4v) is 3.38. The van der Waals surface area contributed by atoms with Crippen LogP contribution in [0, 0.1) is 20.8 Å². The highest BCUT2D eigenvalue weighted by molar-refractivity contribution is 5.54. The van der Waals surface area contributed by atoms with Crippen LogP contribution in [0.15, 0.2) is 42.5 Å². The molecule has 2 unspecified atom stereocenters. The van der Waals surface area contributed by atoms with Gasteiger partial charge in [-0.05, 0) is 68.7 Å². The lowest BCUT2D eigenvalue weighted by atomic mass is 9.96. The van der Waals surface area contributed by atoms with Crippen LogP contribution in [0.25, 0.3) is 0 Å². The average molecular weight is 279 g/mol. The Morgan fingerprint density at radius 2 is 1.67 bits per heavy atom. The second-order valence-electron chi connectivity index (χ2n) is 6.51. The Labute approximate surface area is 128 Å². The van der Waals surface area contributed by atoms with Crippen LogP contribution in [0.1, 0.15) is 47.4 Å². The third-order valence-electron chi connectivity index (χ3n) is 4.95. The summed E-state index contributed by atoms with van der Waals surface area (Å²) in [6.45, 7) is 6.55. The topological polar surface area (TPSA) is 12.0 Å². The molecule has 0 saturated heterocycles. The molecule has 2 atom stereocenters. The van der Waals surface area contributed by atoms with Crippen LogP contribution < -0.4 is 5.32 Å². The molecule has 2 aromatic rings. The van der Waals surface area contributed by atoms with Gasteiger partial charge in [0, 0.05) is 11.7 Å². The van der Waals surface area contributed by atoms with E-state index in [9.17, 15) is 0 Å². The summed E-state index contributed by atoms with van der Waals surface area (Å²) in [5.74, 6) is 0.716. The highest BCUT2D eigenvalue weighted by Gasteiger charge is 2.25. The molecule has 0 bridgehead atoms. The van der Waals surface area contributed by atoms with Crippen LogP contribution >= 0.6 is 0 Å². The first-order chi connectivity index (χ1) is 10.1. The number of hydrogen-bond donors (Lipinski definition) is 1. The SMILES string of the molecule is Cc1ccc(C2CCC(Nc3cccc(C)c3C)C2)cc1. The third-order valence-corrected chi connectivity index (χ3v) is 4.95. The van der Waals surface area contributed by atoms with Crippen LogP contribution in [-0.4, -0.2) is 6.04 Å². The van der Waals surface area contributed by atoms with E-state index in [0.29, 0.717) is 12.0 Å². The van der Waals surface area contributed by atoms with Crippen LogP contribution in [0.2, 0.25) is 0 Å². The van der Waals surface area contributed by atoms with Gasteiger partial charge in [0.1, 0.15) is 0 Å². The van der Waals surface area contributed by atoms with Gasteiger partial charge >= 0.3 is 0 Å². The zero-order valence-corrected chi connectivity index (χ0v) is 13.3. The Morgan fingerprint density at radius 1 is 0.905 bits per heavy atom. The molecule has 1 aliphatic carbocycles. The van der Waals surface area contributed by atoms with E-state index in [-0.39, 0.29) is 0 Å². The van der Waals surface area contributed by atoms with Gasteiger partial charge < -0.3 is 5.32 Å². The molecule has 1 fully saturated rings. The first-order valence-electron chi connectivity index (χ1n) is 8.03. The Morgan fingerprint density at radius 3 is 2.43 bits per heavy atom. The minimum Gasteiger partial charge on any atom is -0.382 e. The van der Waals surface area contributed by atoms with E-state index in [1.54, 1.807) is 0 Å². The van der Waals surface area contributed by atoms with Gasteiger partial charge in [0.2, 0.25) is 0 Å². The van der Waals surface area contributed by atoms with Gasteiger partial charge in [-0.25, -0.2) is 0 Å². The summed E-state index contributed by atoms with van der Waals surface area (Å²) in [5.41, 5.74) is 6.92. The first kappa shape index (κ1) is 14.2. The van der Waals surface area contributed by atoms with E-state index in [2.05, 4.69) is 68.6 Å². The highest BCUT2D eigenvalue weighted by Crippen LogP contribution is 2.36. The minimum absolute atomic E-state index is 0.608. The number of anilines is 1. The molecule has 1 saturated carbocycles. The molecule has 1 heteroatoms. The first-order valence-corrected chi connectivity index (χ1v) is 8.03. The number of nitrogens with one attached hydrogen (secondary N) is 1. The molecule has 1 nitrogen and oxygen atoms in total. The molecule has 2 aromatic carbocycles. The van der Waals surface area contributed by atoms with Gasteiger partial charge in [-0.3, -0.25) is 0 Å². The van der Waals surface area contributed by atoms with Gasteiger partial charge in [0.25, 0.3) is 0 Å². The van der Waals surface area contributed by atoms with Crippen molar-refractivity contribution in [1.29, 1.82) is 0 Å². The van der Waals surface area contributed by atoms with E-state index < -0.39 is 0 Å². The summed E-state index contributed by atoms with van der Waals surface area (Å²) in [6.07, 6.45) is 3.81. The monoisotopic (exact) mass is 279 g/mol. The number of hydrogen-bond acceptors (Lipinski definition) is 1. The second-order valence-corrected chi connectivity index (χ2v) is 6.51. The normalized spacial score (nSPS) is 21.5. The lowest BCUT2D eigenvalue weighted by molar-refractivity contribution is 0.702. The van der Waals surface area contributed by atoms with E-state index in [1.807, 2.05) is 0 Å². The molecule has 21 heavy (non-hydrogen) atoms. The zero-order chi connectivity index (χ0) is 14.8. The van der Waals surface area contributed by atoms with Crippen molar-refractivity contribution < 1.29 is 0 Å². The standard InChI is InChI=1S/C20H25N/c1-14-7-9-17(10-8-14)18-11-12-19(13-18)21-20-6-4-5-15(2)16(20)3/h4-10,18-19,21H,11-13H2,1-3H3. The van der Waals surface area contributed by atoms with Crippen molar-refractivity contribution in [2.75, 3.05) is 5.32 Å². The third kappa shape index (κ3) is 3.12. The van der Waals surface area contributed by atoms with Crippen molar-refractivity contribution in [3.05, 3.63) is 64.7 Å². The molecular formula is C20H25N. The van der Waals surface area contributed by atoms with E-state index in [0.717, 1.165) is 0 Å². The highest BCUT2D eigenvalue weighted by atomic mass is 14.9. The molecule has 0 amide bonds. The van der Waals surface area contributed by atoms with Crippen molar-refractivity contribution in [2.45, 2.75) is 52.0 Å². The van der Waals surface area contributed by atoms with Crippen molar-refractivity contribution in [1.82, 2.24) is 0 Å². The summed E-state index contributed by atoms with van der Waals surface area (Å²) >= 11 is 0. The maximum Gasteiger partial charge on any atom is 0.0374 e. The quantitative estimate of drug-likeness (QED) is 0.797. The van der Waals surface area contributed by atoms with Crippen molar-refractivity contribution in [2.24, 2.45) is 0 Å². The van der Waals surface area contributed by atoms with Gasteiger partial charge in [0.15, 0.2) is 0 Å². The van der Waals surface area contributed by atoms with Gasteiger partial charge in [0.05, 0.1) is 0 Å². The molecule has 0 spiro atoms. The predicted molar refractivity (Wildman–Crippen MR) is 91.1 cm³/mol. The summed E-state index contributed by atoms with van der Waals surface area (Å²) in [6, 6.07) is 16.2. The van der Waals surface area contributed by atoms with E-state index in [1.165, 1.54) is 47.2 Å². The molecule has 1 aliphatic rings. The summed E-state index contributed by atoms with van der Waals surface area (Å²) in [4.78, 5) is 0. The minimum atomic E-state index is 0.608. The Kier molecular flexibility index (Phi) is 4.01. The Balaban J connectivity index is 1.67. The molecule has 0 aliphatic heterocycles. The fourth-order valence-electron chi connectivity index (χ4n) is 3.38. The van der Waals surface area contributed by atoms with Gasteiger partial charge in [-0.15, -0.1) is 0 Å². The molecular weight excluding hydrogens is 254 g/mol. The van der Waals surface area contributed by atoms with E-state index in [4.69, 9.17) is 0 Å². The zero-order valence-electron chi connectivity index (χ0n) is 13.3. The molecule has 0 radical (unpaired) electrons. The van der Waals surface area contributed by atoms with Crippen LogP contribution in [-0.2, 0) is 0 Å². The van der Waals surface area contributed by atoms with Crippen LogP contribution in [0.3, 0.4) is 0 Å². The maximum atomic E-state index is 3.76. The van der Waals surface area contributed by atoms with Gasteiger partial charge in [-0.2, -0.15) is 0 Å². The Bertz CT molecular complexity index is 612. The van der Waals surface area contributed by atoms with E-state index >= 15 is 0 Å². The molecule has 0 heterocycles. The molecule has 110 valence electrons. The second kappa shape index (κ2) is 5.93. The summed E-state index contributed by atoms with van der Waals surface area (Å²) < 4.78 is 0. The maximum absolute atomic E-state index is 3.76. The largest absolute Gasteiger partial charge is 0.382 e. The van der Waals surface area contributed by atoms with Crippen molar-refractivity contribution in [3.8, 4) is 0 Å². The smallest absolute Gasteiger partial charge is 0.0374 e. The fraction of sp³-hybridized carbons (Fsp3) is 0.400. The average Bonchev–Trinajstić information content (AvgIpc) is 2.93. The summed E-state index contributed by atoms with van der Waals surface area (Å²) in [7, 11) is 0. The lowest BCUT2D eigenvalue weighted by Gasteiger charge is -2.18. The number of aryl methyl sites for hydroxylation is 2. The van der Waals surface area contributed by atoms with Crippen molar-refractivity contribution in [3.63, 3.8) is 0 Å². The van der Waals surface area contributed by atoms with Gasteiger partial charge in [-0.1, -0.05) is 42.0 Å². The van der Waals surface area contributed by atoms with Crippen LogP contribution in [0.5, 0.6) is 0 Å². The summed E-state index contributed by atoms with van der Waals surface area (Å²) in [5, 5.41) is 3.76. The predicted octanol–water partition coefficient (Wildman–Crippen LogP) is 5.36. The molecule has 0 aromatic heterocycles. The lowest BCUT2D eigenvalue weighted by Crippen LogP contribution is -2.16. The molecule has 1 N–H and O–H groups in total. The van der Waals surface area contributed by atoms with Crippen molar-refractivity contribution >= 4 is 5.69 Å². The Hall–Kier alpha value is -1.76. The number of benzene rings is 2. The van der Waals surface area contributed by atoms with Crippen LogP contribution in [0.4, 0.5) is 5.69 Å².